The van der Waals surface area contributed by atoms with Gasteiger partial charge in [0.2, 0.25) is 0 Å². The second-order valence-electron chi connectivity index (χ2n) is 5.53. The molecule has 2 aromatic carbocycles. The van der Waals surface area contributed by atoms with Gasteiger partial charge in [0.25, 0.3) is 0 Å². The van der Waals surface area contributed by atoms with Crippen molar-refractivity contribution >= 4 is 21.9 Å². The second-order valence-corrected chi connectivity index (χ2v) is 6.45. The summed E-state index contributed by atoms with van der Waals surface area (Å²) in [6.07, 6.45) is 0. The van der Waals surface area contributed by atoms with Crippen LogP contribution in [-0.4, -0.2) is 24.7 Å². The summed E-state index contributed by atoms with van der Waals surface area (Å²) in [4.78, 5) is 11.5. The number of carboxylic acids is 1. The molecule has 0 radical (unpaired) electrons. The quantitative estimate of drug-likeness (QED) is 0.740. The average molecular weight is 396 g/mol. The van der Waals surface area contributed by atoms with Gasteiger partial charge in [-0.15, -0.1) is 0 Å². The van der Waals surface area contributed by atoms with Crippen LogP contribution in [0.2, 0.25) is 0 Å². The Morgan fingerprint density at radius 2 is 2.04 bits per heavy atom. The number of rotatable bonds is 7. The Morgan fingerprint density at radius 1 is 1.29 bits per heavy atom. The highest BCUT2D eigenvalue weighted by atomic mass is 79.9. The normalized spacial score (nSPS) is 13.3. The highest BCUT2D eigenvalue weighted by Gasteiger charge is 2.21. The van der Waals surface area contributed by atoms with Crippen molar-refractivity contribution in [2.45, 2.75) is 18.9 Å². The van der Waals surface area contributed by atoms with Crippen LogP contribution in [0.5, 0.6) is 5.75 Å². The van der Waals surface area contributed by atoms with E-state index in [1.807, 2.05) is 31.2 Å². The molecule has 0 aromatic heterocycles. The third-order valence-corrected chi connectivity index (χ3v) is 4.30. The van der Waals surface area contributed by atoms with Gasteiger partial charge >= 0.3 is 5.97 Å². The lowest BCUT2D eigenvalue weighted by atomic mass is 10.00. The lowest BCUT2D eigenvalue weighted by molar-refractivity contribution is -0.139. The molecule has 128 valence electrons. The van der Waals surface area contributed by atoms with Crippen LogP contribution in [0.1, 0.15) is 30.0 Å². The first-order chi connectivity index (χ1) is 11.4. The molecular formula is C18H19BrFNO3. The Labute approximate surface area is 148 Å². The van der Waals surface area contributed by atoms with Crippen LogP contribution in [0.3, 0.4) is 0 Å². The molecule has 2 N–H and O–H groups in total. The molecular weight excluding hydrogens is 377 g/mol. The van der Waals surface area contributed by atoms with Crippen LogP contribution in [0.4, 0.5) is 4.39 Å². The van der Waals surface area contributed by atoms with Crippen LogP contribution in [-0.2, 0) is 4.79 Å². The highest BCUT2D eigenvalue weighted by molar-refractivity contribution is 9.10. The van der Waals surface area contributed by atoms with Crippen LogP contribution in [0, 0.1) is 5.82 Å². The molecule has 2 unspecified atom stereocenters. The summed E-state index contributed by atoms with van der Waals surface area (Å²) in [5.74, 6) is -1.44. The van der Waals surface area contributed by atoms with E-state index in [0.717, 1.165) is 10.0 Å². The zero-order chi connectivity index (χ0) is 17.7. The smallest absolute Gasteiger partial charge is 0.325 e. The zero-order valence-corrected chi connectivity index (χ0v) is 15.0. The minimum absolute atomic E-state index is 0.0883. The molecule has 24 heavy (non-hydrogen) atoms. The summed E-state index contributed by atoms with van der Waals surface area (Å²) in [5.41, 5.74) is 1.43. The topological polar surface area (TPSA) is 58.6 Å². The summed E-state index contributed by atoms with van der Waals surface area (Å²) in [6.45, 7) is 2.45. The molecule has 0 spiro atoms. The van der Waals surface area contributed by atoms with E-state index in [1.54, 1.807) is 6.07 Å². The van der Waals surface area contributed by atoms with Gasteiger partial charge in [-0.2, -0.15) is 0 Å². The van der Waals surface area contributed by atoms with Crippen molar-refractivity contribution in [1.29, 1.82) is 0 Å². The van der Waals surface area contributed by atoms with Gasteiger partial charge < -0.3 is 15.2 Å². The SMILES string of the molecule is COc1ccc(C(NCC(C)c2cccc(Br)c2)C(=O)O)cc1F. The van der Waals surface area contributed by atoms with E-state index in [0.29, 0.717) is 12.1 Å². The molecule has 2 rings (SSSR count). The highest BCUT2D eigenvalue weighted by Crippen LogP contribution is 2.24. The molecule has 0 aliphatic rings. The van der Waals surface area contributed by atoms with Gasteiger partial charge in [0.05, 0.1) is 7.11 Å². The van der Waals surface area contributed by atoms with Crippen molar-refractivity contribution in [3.8, 4) is 5.75 Å². The molecule has 0 heterocycles. The van der Waals surface area contributed by atoms with Gasteiger partial charge in [0.1, 0.15) is 6.04 Å². The van der Waals surface area contributed by atoms with E-state index in [9.17, 15) is 14.3 Å². The Morgan fingerprint density at radius 3 is 2.62 bits per heavy atom. The second kappa shape index (κ2) is 8.26. The number of hydrogen-bond acceptors (Lipinski definition) is 3. The third kappa shape index (κ3) is 4.55. The first-order valence-corrected chi connectivity index (χ1v) is 8.26. The maximum absolute atomic E-state index is 13.8. The van der Waals surface area contributed by atoms with Crippen molar-refractivity contribution in [1.82, 2.24) is 5.32 Å². The molecule has 2 atom stereocenters. The van der Waals surface area contributed by atoms with Gasteiger partial charge in [-0.25, -0.2) is 4.39 Å². The Hall–Kier alpha value is -1.92. The van der Waals surface area contributed by atoms with Gasteiger partial charge in [0.15, 0.2) is 11.6 Å². The average Bonchev–Trinajstić information content (AvgIpc) is 2.54. The summed E-state index contributed by atoms with van der Waals surface area (Å²) in [7, 11) is 1.37. The lowest BCUT2D eigenvalue weighted by Crippen LogP contribution is -2.31. The van der Waals surface area contributed by atoms with E-state index < -0.39 is 17.8 Å². The van der Waals surface area contributed by atoms with Gasteiger partial charge in [-0.05, 0) is 41.3 Å². The number of carboxylic acid groups (broad SMARTS) is 1. The van der Waals surface area contributed by atoms with Crippen molar-refractivity contribution in [3.63, 3.8) is 0 Å². The van der Waals surface area contributed by atoms with E-state index in [-0.39, 0.29) is 11.7 Å². The number of benzene rings is 2. The fraction of sp³-hybridized carbons (Fsp3) is 0.278. The number of aliphatic carboxylic acids is 1. The standard InChI is InChI=1S/C18H19BrFNO3/c1-11(12-4-3-5-14(19)8-12)10-21-17(18(22)23)13-6-7-16(24-2)15(20)9-13/h3-9,11,17,21H,10H2,1-2H3,(H,22,23). The van der Waals surface area contributed by atoms with Crippen molar-refractivity contribution < 1.29 is 19.0 Å². The Bertz CT molecular complexity index is 723. The molecule has 0 fully saturated rings. The summed E-state index contributed by atoms with van der Waals surface area (Å²) >= 11 is 3.42. The summed E-state index contributed by atoms with van der Waals surface area (Å²) in [5, 5.41) is 12.4. The third-order valence-electron chi connectivity index (χ3n) is 3.80. The van der Waals surface area contributed by atoms with Crippen LogP contribution in [0.15, 0.2) is 46.9 Å². The summed E-state index contributed by atoms with van der Waals surface area (Å²) in [6, 6.07) is 11.0. The zero-order valence-electron chi connectivity index (χ0n) is 13.4. The Balaban J connectivity index is 2.11. The van der Waals surface area contributed by atoms with Crippen LogP contribution >= 0.6 is 15.9 Å². The van der Waals surface area contributed by atoms with Gasteiger partial charge in [0, 0.05) is 11.0 Å². The van der Waals surface area contributed by atoms with Crippen molar-refractivity contribution in [3.05, 3.63) is 63.9 Å². The number of ether oxygens (including phenoxy) is 1. The molecule has 0 bridgehead atoms. The van der Waals surface area contributed by atoms with Crippen LogP contribution in [0.25, 0.3) is 0 Å². The number of carbonyl (C=O) groups is 1. The minimum atomic E-state index is -1.05. The predicted octanol–water partition coefficient (Wildman–Crippen LogP) is 4.12. The Kier molecular flexibility index (Phi) is 6.34. The number of nitrogens with one attached hydrogen (secondary N) is 1. The minimum Gasteiger partial charge on any atom is -0.494 e. The molecule has 2 aromatic rings. The first-order valence-electron chi connectivity index (χ1n) is 7.47. The maximum atomic E-state index is 13.8. The largest absolute Gasteiger partial charge is 0.494 e. The van der Waals surface area contributed by atoms with Gasteiger partial charge in [-0.3, -0.25) is 4.79 Å². The lowest BCUT2D eigenvalue weighted by Gasteiger charge is -2.19. The molecule has 4 nitrogen and oxygen atoms in total. The van der Waals surface area contributed by atoms with Gasteiger partial charge in [-0.1, -0.05) is 41.1 Å². The number of hydrogen-bond donors (Lipinski definition) is 2. The van der Waals surface area contributed by atoms with Crippen molar-refractivity contribution in [2.75, 3.05) is 13.7 Å². The monoisotopic (exact) mass is 395 g/mol. The van der Waals surface area contributed by atoms with E-state index in [2.05, 4.69) is 21.2 Å². The molecule has 0 aliphatic carbocycles. The van der Waals surface area contributed by atoms with E-state index in [4.69, 9.17) is 4.74 Å². The molecule has 0 amide bonds. The number of halogens is 2. The maximum Gasteiger partial charge on any atom is 0.325 e. The van der Waals surface area contributed by atoms with E-state index in [1.165, 1.54) is 19.2 Å². The molecule has 0 saturated carbocycles. The van der Waals surface area contributed by atoms with Crippen molar-refractivity contribution in [2.24, 2.45) is 0 Å². The predicted molar refractivity (Wildman–Crippen MR) is 93.9 cm³/mol. The molecule has 0 aliphatic heterocycles. The molecule has 6 heteroatoms. The first kappa shape index (κ1) is 18.4. The number of methoxy groups -OCH3 is 1. The molecule has 0 saturated heterocycles. The fourth-order valence-corrected chi connectivity index (χ4v) is 2.85. The fourth-order valence-electron chi connectivity index (χ4n) is 2.44. The summed E-state index contributed by atoms with van der Waals surface area (Å²) < 4.78 is 19.7. The van der Waals surface area contributed by atoms with Crippen LogP contribution < -0.4 is 10.1 Å². The van der Waals surface area contributed by atoms with E-state index >= 15 is 0 Å².